The average Bonchev–Trinajstić information content (AvgIpc) is 3.60. The van der Waals surface area contributed by atoms with E-state index in [1.54, 1.807) is 32.3 Å². The normalized spacial score (nSPS) is 22.8. The van der Waals surface area contributed by atoms with E-state index in [1.807, 2.05) is 32.3 Å². The second kappa shape index (κ2) is 7.54. The Kier molecular flexibility index (Phi) is 4.60. The van der Waals surface area contributed by atoms with Crippen molar-refractivity contribution >= 4 is 11.6 Å². The number of nitrogens with zero attached hydrogens (tertiary/aromatic N) is 7. The van der Waals surface area contributed by atoms with Crippen molar-refractivity contribution in [2.75, 3.05) is 0 Å². The van der Waals surface area contributed by atoms with E-state index in [2.05, 4.69) is 27.5 Å². The number of aromatic nitrogens is 7. The zero-order valence-electron chi connectivity index (χ0n) is 19.1. The predicted molar refractivity (Wildman–Crippen MR) is 123 cm³/mol. The summed E-state index contributed by atoms with van der Waals surface area (Å²) < 4.78 is 5.31. The summed E-state index contributed by atoms with van der Waals surface area (Å²) in [5.74, 6) is 2.04. The summed E-state index contributed by atoms with van der Waals surface area (Å²) in [4.78, 5) is 18.0. The maximum absolute atomic E-state index is 13.2. The van der Waals surface area contributed by atoms with Gasteiger partial charge in [-0.15, -0.1) is 0 Å². The second-order valence-corrected chi connectivity index (χ2v) is 9.61. The predicted octanol–water partition coefficient (Wildman–Crippen LogP) is 3.08. The number of amides is 1. The molecule has 170 valence electrons. The van der Waals surface area contributed by atoms with Crippen LogP contribution in [0.15, 0.2) is 36.7 Å². The Balaban J connectivity index is 1.37. The largest absolute Gasteiger partial charge is 0.348 e. The first-order chi connectivity index (χ1) is 16.0. The number of fused-ring (bicyclic) bond motifs is 3. The SMILES string of the molecule is C[C@H](NC(=O)c1cc2nc(-c3ccnn3C)cc(-c3ccnn3C)n2n1)[C@H]1C[C@H]2CC[C@H]1C2. The van der Waals surface area contributed by atoms with E-state index in [4.69, 9.17) is 4.98 Å². The first-order valence-corrected chi connectivity index (χ1v) is 11.7. The van der Waals surface area contributed by atoms with Gasteiger partial charge in [0.1, 0.15) is 0 Å². The summed E-state index contributed by atoms with van der Waals surface area (Å²) in [6.45, 7) is 2.14. The van der Waals surface area contributed by atoms with E-state index in [9.17, 15) is 4.79 Å². The molecule has 0 saturated heterocycles. The number of nitrogens with one attached hydrogen (secondary N) is 1. The van der Waals surface area contributed by atoms with Crippen LogP contribution in [-0.4, -0.2) is 46.1 Å². The molecule has 4 atom stereocenters. The number of carbonyl (C=O) groups is 1. The fraction of sp³-hybridized carbons (Fsp3) is 0.458. The van der Waals surface area contributed by atoms with E-state index in [1.165, 1.54) is 25.7 Å². The van der Waals surface area contributed by atoms with Crippen molar-refractivity contribution in [2.24, 2.45) is 31.8 Å². The van der Waals surface area contributed by atoms with Gasteiger partial charge in [-0.1, -0.05) is 6.42 Å². The van der Waals surface area contributed by atoms with E-state index in [0.717, 1.165) is 34.6 Å². The second-order valence-electron chi connectivity index (χ2n) is 9.61. The highest BCUT2D eigenvalue weighted by Crippen LogP contribution is 2.49. The maximum Gasteiger partial charge on any atom is 0.272 e. The summed E-state index contributed by atoms with van der Waals surface area (Å²) in [7, 11) is 3.77. The minimum absolute atomic E-state index is 0.145. The van der Waals surface area contributed by atoms with Gasteiger partial charge in [-0.3, -0.25) is 14.2 Å². The van der Waals surface area contributed by atoms with Gasteiger partial charge in [-0.25, -0.2) is 9.50 Å². The molecule has 4 heterocycles. The summed E-state index contributed by atoms with van der Waals surface area (Å²) in [6.07, 6.45) is 8.72. The molecule has 2 saturated carbocycles. The standard InChI is InChI=1S/C24H28N8O/c1-14(17-11-15-4-5-16(17)10-15)27-24(33)19-13-23-28-18(20-6-8-25-30(20)2)12-22(32(23)29-19)21-7-9-26-31(21)3/h6-9,12-17H,4-5,10-11H2,1-3H3,(H,27,33)/t14-,15-,16-,17+/m0/s1. The lowest BCUT2D eigenvalue weighted by Gasteiger charge is -2.28. The Morgan fingerprint density at radius 2 is 1.79 bits per heavy atom. The molecule has 0 radical (unpaired) electrons. The third-order valence-electron chi connectivity index (χ3n) is 7.62. The Hall–Kier alpha value is -3.49. The highest BCUT2D eigenvalue weighted by molar-refractivity contribution is 5.93. The zero-order valence-corrected chi connectivity index (χ0v) is 19.1. The lowest BCUT2D eigenvalue weighted by Crippen LogP contribution is -2.40. The van der Waals surface area contributed by atoms with Crippen molar-refractivity contribution in [1.29, 1.82) is 0 Å². The summed E-state index contributed by atoms with van der Waals surface area (Å²) in [6, 6.07) is 7.73. The monoisotopic (exact) mass is 444 g/mol. The molecular weight excluding hydrogens is 416 g/mol. The van der Waals surface area contributed by atoms with Crippen molar-refractivity contribution in [2.45, 2.75) is 38.6 Å². The van der Waals surface area contributed by atoms with Gasteiger partial charge in [0.05, 0.1) is 22.8 Å². The van der Waals surface area contributed by atoms with Crippen molar-refractivity contribution < 1.29 is 4.79 Å². The van der Waals surface area contributed by atoms with Crippen LogP contribution in [0.2, 0.25) is 0 Å². The van der Waals surface area contributed by atoms with Gasteiger partial charge in [0.2, 0.25) is 0 Å². The van der Waals surface area contributed by atoms with Crippen LogP contribution in [0.3, 0.4) is 0 Å². The molecule has 2 aliphatic carbocycles. The van der Waals surface area contributed by atoms with E-state index < -0.39 is 0 Å². The van der Waals surface area contributed by atoms with Crippen LogP contribution in [0.1, 0.15) is 43.1 Å². The minimum atomic E-state index is -0.145. The molecule has 2 aliphatic rings. The van der Waals surface area contributed by atoms with Crippen molar-refractivity contribution in [3.8, 4) is 22.8 Å². The Bertz CT molecular complexity index is 1350. The molecule has 4 aromatic rings. The lowest BCUT2D eigenvalue weighted by molar-refractivity contribution is 0.0910. The molecule has 2 bridgehead atoms. The van der Waals surface area contributed by atoms with E-state index in [0.29, 0.717) is 17.3 Å². The van der Waals surface area contributed by atoms with E-state index >= 15 is 0 Å². The molecule has 1 amide bonds. The number of aryl methyl sites for hydroxylation is 2. The first kappa shape index (κ1) is 20.1. The maximum atomic E-state index is 13.2. The van der Waals surface area contributed by atoms with Crippen LogP contribution in [0.5, 0.6) is 0 Å². The molecule has 0 aromatic carbocycles. The van der Waals surface area contributed by atoms with Crippen LogP contribution < -0.4 is 5.32 Å². The molecular formula is C24H28N8O. The quantitative estimate of drug-likeness (QED) is 0.510. The molecule has 9 nitrogen and oxygen atoms in total. The van der Waals surface area contributed by atoms with Crippen molar-refractivity contribution in [3.05, 3.63) is 42.4 Å². The zero-order chi connectivity index (χ0) is 22.7. The number of hydrogen-bond donors (Lipinski definition) is 1. The average molecular weight is 445 g/mol. The van der Waals surface area contributed by atoms with Gasteiger partial charge in [0, 0.05) is 38.6 Å². The molecule has 33 heavy (non-hydrogen) atoms. The summed E-state index contributed by atoms with van der Waals surface area (Å²) in [5.41, 5.74) is 4.34. The number of carbonyl (C=O) groups excluding carboxylic acids is 1. The Labute approximate surface area is 191 Å². The molecule has 9 heteroatoms. The van der Waals surface area contributed by atoms with Gasteiger partial charge in [0.15, 0.2) is 11.3 Å². The van der Waals surface area contributed by atoms with Crippen LogP contribution >= 0.6 is 0 Å². The molecule has 0 unspecified atom stereocenters. The minimum Gasteiger partial charge on any atom is -0.348 e. The highest BCUT2D eigenvalue weighted by atomic mass is 16.2. The third kappa shape index (κ3) is 3.34. The molecule has 4 aromatic heterocycles. The van der Waals surface area contributed by atoms with Crippen LogP contribution in [0.25, 0.3) is 28.4 Å². The van der Waals surface area contributed by atoms with Crippen LogP contribution in [0, 0.1) is 17.8 Å². The fourth-order valence-corrected chi connectivity index (χ4v) is 5.94. The van der Waals surface area contributed by atoms with Crippen molar-refractivity contribution in [1.82, 2.24) is 39.5 Å². The Morgan fingerprint density at radius 1 is 1.03 bits per heavy atom. The smallest absolute Gasteiger partial charge is 0.272 e. The molecule has 1 N–H and O–H groups in total. The van der Waals surface area contributed by atoms with Gasteiger partial charge in [0.25, 0.3) is 5.91 Å². The third-order valence-corrected chi connectivity index (χ3v) is 7.62. The van der Waals surface area contributed by atoms with Gasteiger partial charge >= 0.3 is 0 Å². The Morgan fingerprint density at radius 3 is 2.42 bits per heavy atom. The molecule has 0 spiro atoms. The van der Waals surface area contributed by atoms with Gasteiger partial charge in [-0.05, 0) is 62.1 Å². The summed E-state index contributed by atoms with van der Waals surface area (Å²) in [5, 5.41) is 16.5. The van der Waals surface area contributed by atoms with Crippen LogP contribution in [-0.2, 0) is 14.1 Å². The number of rotatable bonds is 5. The molecule has 2 fully saturated rings. The fourth-order valence-electron chi connectivity index (χ4n) is 5.94. The van der Waals surface area contributed by atoms with Gasteiger partial charge < -0.3 is 5.32 Å². The van der Waals surface area contributed by atoms with Crippen LogP contribution in [0.4, 0.5) is 0 Å². The van der Waals surface area contributed by atoms with Gasteiger partial charge in [-0.2, -0.15) is 15.3 Å². The number of hydrogen-bond acceptors (Lipinski definition) is 5. The topological polar surface area (TPSA) is 94.9 Å². The summed E-state index contributed by atoms with van der Waals surface area (Å²) >= 11 is 0. The highest BCUT2D eigenvalue weighted by Gasteiger charge is 2.42. The van der Waals surface area contributed by atoms with Crippen molar-refractivity contribution in [3.63, 3.8) is 0 Å². The molecule has 0 aliphatic heterocycles. The molecule has 6 rings (SSSR count). The first-order valence-electron chi connectivity index (χ1n) is 11.7. The van der Waals surface area contributed by atoms with E-state index in [-0.39, 0.29) is 11.9 Å². The lowest BCUT2D eigenvalue weighted by atomic mass is 9.84.